The summed E-state index contributed by atoms with van der Waals surface area (Å²) in [4.78, 5) is 18.8. The molecule has 2 N–H and O–H groups in total. The first-order chi connectivity index (χ1) is 9.50. The Hall–Kier alpha value is -1.15. The topological polar surface area (TPSA) is 57.5 Å². The van der Waals surface area contributed by atoms with Crippen LogP contribution in [0.15, 0.2) is 59.0 Å². The molecule has 0 fully saturated rings. The van der Waals surface area contributed by atoms with Gasteiger partial charge in [-0.3, -0.25) is 4.57 Å². The van der Waals surface area contributed by atoms with Crippen LogP contribution in [0.4, 0.5) is 0 Å². The summed E-state index contributed by atoms with van der Waals surface area (Å²) in [6.07, 6.45) is 13.7. The highest BCUT2D eigenvalue weighted by atomic mass is 31.2. The molecule has 0 amide bonds. The Kier molecular flexibility index (Phi) is 3.45. The van der Waals surface area contributed by atoms with Crippen LogP contribution in [0.2, 0.25) is 0 Å². The molecule has 0 spiro atoms. The summed E-state index contributed by atoms with van der Waals surface area (Å²) < 4.78 is 11.5. The van der Waals surface area contributed by atoms with Crippen molar-refractivity contribution in [2.75, 3.05) is 0 Å². The maximum absolute atomic E-state index is 11.5. The molecule has 0 aromatic rings. The average molecular weight is 290 g/mol. The van der Waals surface area contributed by atoms with Gasteiger partial charge in [-0.1, -0.05) is 30.9 Å². The summed E-state index contributed by atoms with van der Waals surface area (Å²) in [6.45, 7) is 3.89. The third kappa shape index (κ3) is 2.31. The van der Waals surface area contributed by atoms with E-state index in [4.69, 9.17) is 0 Å². The molecule has 20 heavy (non-hydrogen) atoms. The average Bonchev–Trinajstić information content (AvgIpc) is 2.44. The summed E-state index contributed by atoms with van der Waals surface area (Å²) in [5.41, 5.74) is 3.50. The van der Waals surface area contributed by atoms with Gasteiger partial charge in [-0.15, -0.1) is 0 Å². The van der Waals surface area contributed by atoms with Crippen LogP contribution in [-0.2, 0) is 4.57 Å². The molecule has 106 valence electrons. The first kappa shape index (κ1) is 13.8. The third-order valence-electron chi connectivity index (χ3n) is 4.49. The molecule has 0 bridgehead atoms. The zero-order valence-corrected chi connectivity index (χ0v) is 12.2. The molecule has 4 heteroatoms. The summed E-state index contributed by atoms with van der Waals surface area (Å²) in [5.74, 6) is 0.804. The van der Waals surface area contributed by atoms with E-state index in [0.717, 1.165) is 36.8 Å². The number of hydrogen-bond donors (Lipinski definition) is 2. The lowest BCUT2D eigenvalue weighted by atomic mass is 9.69. The van der Waals surface area contributed by atoms with Crippen LogP contribution in [0.5, 0.6) is 0 Å². The van der Waals surface area contributed by atoms with Gasteiger partial charge < -0.3 is 9.79 Å². The lowest BCUT2D eigenvalue weighted by Gasteiger charge is -2.36. The molecule has 0 saturated carbocycles. The minimum absolute atomic E-state index is 0.130. The molecule has 0 saturated heterocycles. The highest BCUT2D eigenvalue weighted by molar-refractivity contribution is 7.56. The van der Waals surface area contributed by atoms with Crippen LogP contribution in [0, 0.1) is 11.8 Å². The predicted molar refractivity (Wildman–Crippen MR) is 80.0 cm³/mol. The highest BCUT2D eigenvalue weighted by Crippen LogP contribution is 2.52. The fourth-order valence-corrected chi connectivity index (χ4v) is 4.13. The van der Waals surface area contributed by atoms with Gasteiger partial charge in [-0.25, -0.2) is 0 Å². The van der Waals surface area contributed by atoms with Crippen molar-refractivity contribution in [3.8, 4) is 0 Å². The normalized spacial score (nSPS) is 29.3. The Morgan fingerprint density at radius 3 is 2.80 bits per heavy atom. The molecular formula is C16H19O3P. The van der Waals surface area contributed by atoms with E-state index < -0.39 is 7.60 Å². The van der Waals surface area contributed by atoms with Crippen molar-refractivity contribution < 1.29 is 14.4 Å². The van der Waals surface area contributed by atoms with E-state index in [0.29, 0.717) is 5.92 Å². The third-order valence-corrected chi connectivity index (χ3v) is 5.45. The molecule has 2 unspecified atom stereocenters. The lowest BCUT2D eigenvalue weighted by Crippen LogP contribution is -2.22. The van der Waals surface area contributed by atoms with E-state index in [1.165, 1.54) is 5.57 Å². The van der Waals surface area contributed by atoms with Crippen LogP contribution in [-0.4, -0.2) is 9.79 Å². The Morgan fingerprint density at radius 2 is 2.10 bits per heavy atom. The fourth-order valence-electron chi connectivity index (χ4n) is 3.54. The molecule has 3 aliphatic rings. The van der Waals surface area contributed by atoms with E-state index in [-0.39, 0.29) is 11.2 Å². The minimum Gasteiger partial charge on any atom is -0.321 e. The standard InChI is InChI=1S/C16H19O3P/c1-2-11-4-3-5-13-7-6-12-8-9-14(20(17,18)19)10-15(12)16(11)13/h2,4,8-10,12-13H,1,3,5-7H2,(H2,17,18,19). The Bertz CT molecular complexity index is 616. The second-order valence-electron chi connectivity index (χ2n) is 5.66. The van der Waals surface area contributed by atoms with Gasteiger partial charge in [0.2, 0.25) is 0 Å². The second-order valence-corrected chi connectivity index (χ2v) is 7.27. The molecule has 0 aromatic heterocycles. The van der Waals surface area contributed by atoms with Crippen LogP contribution in [0.3, 0.4) is 0 Å². The van der Waals surface area contributed by atoms with Crippen LogP contribution >= 0.6 is 7.60 Å². The SMILES string of the molecule is C=CC1=CCCC2CCC3C=CC(P(=O)(O)O)=CC3=C12. The van der Waals surface area contributed by atoms with E-state index in [2.05, 4.69) is 12.7 Å². The molecule has 3 nitrogen and oxygen atoms in total. The first-order valence-electron chi connectivity index (χ1n) is 7.03. The second kappa shape index (κ2) is 5.00. The monoisotopic (exact) mass is 290 g/mol. The number of rotatable bonds is 2. The summed E-state index contributed by atoms with van der Waals surface area (Å²) in [7, 11) is -4.19. The van der Waals surface area contributed by atoms with Gasteiger partial charge in [-0.05, 0) is 54.4 Å². The van der Waals surface area contributed by atoms with E-state index in [1.54, 1.807) is 12.2 Å². The molecule has 3 aliphatic carbocycles. The zero-order chi connectivity index (χ0) is 14.3. The highest BCUT2D eigenvalue weighted by Gasteiger charge is 2.33. The lowest BCUT2D eigenvalue weighted by molar-refractivity contribution is 0.382. The summed E-state index contributed by atoms with van der Waals surface area (Å²) in [6, 6.07) is 0. The molecule has 0 radical (unpaired) electrons. The van der Waals surface area contributed by atoms with Gasteiger partial charge in [-0.2, -0.15) is 0 Å². The quantitative estimate of drug-likeness (QED) is 0.759. The molecule has 2 atom stereocenters. The summed E-state index contributed by atoms with van der Waals surface area (Å²) in [5, 5.41) is 0.130. The Morgan fingerprint density at radius 1 is 1.30 bits per heavy atom. The van der Waals surface area contributed by atoms with Gasteiger partial charge in [0.05, 0.1) is 5.31 Å². The molecule has 0 aromatic carbocycles. The maximum Gasteiger partial charge on any atom is 0.356 e. The van der Waals surface area contributed by atoms with Gasteiger partial charge >= 0.3 is 7.60 Å². The van der Waals surface area contributed by atoms with Crippen molar-refractivity contribution in [3.05, 3.63) is 59.0 Å². The molecule has 3 rings (SSSR count). The van der Waals surface area contributed by atoms with E-state index in [1.807, 2.05) is 12.2 Å². The van der Waals surface area contributed by atoms with Crippen molar-refractivity contribution in [3.63, 3.8) is 0 Å². The number of allylic oxidation sites excluding steroid dienone is 9. The van der Waals surface area contributed by atoms with E-state index >= 15 is 0 Å². The Labute approximate surface area is 119 Å². The van der Waals surface area contributed by atoms with Crippen LogP contribution in [0.1, 0.15) is 25.7 Å². The van der Waals surface area contributed by atoms with Gasteiger partial charge in [0.25, 0.3) is 0 Å². The predicted octanol–water partition coefficient (Wildman–Crippen LogP) is 3.85. The number of fused-ring (bicyclic) bond motifs is 2. The largest absolute Gasteiger partial charge is 0.356 e. The Balaban J connectivity index is 2.16. The van der Waals surface area contributed by atoms with Gasteiger partial charge in [0.15, 0.2) is 0 Å². The molecule has 0 heterocycles. The van der Waals surface area contributed by atoms with Crippen LogP contribution < -0.4 is 0 Å². The smallest absolute Gasteiger partial charge is 0.321 e. The summed E-state index contributed by atoms with van der Waals surface area (Å²) >= 11 is 0. The first-order valence-corrected chi connectivity index (χ1v) is 8.65. The minimum atomic E-state index is -4.19. The maximum atomic E-state index is 11.5. The molecular weight excluding hydrogens is 271 g/mol. The van der Waals surface area contributed by atoms with Crippen molar-refractivity contribution >= 4 is 7.60 Å². The molecule has 0 aliphatic heterocycles. The van der Waals surface area contributed by atoms with Gasteiger partial charge in [0, 0.05) is 5.92 Å². The van der Waals surface area contributed by atoms with Crippen molar-refractivity contribution in [2.24, 2.45) is 11.8 Å². The number of hydrogen-bond acceptors (Lipinski definition) is 1. The van der Waals surface area contributed by atoms with Crippen molar-refractivity contribution in [1.29, 1.82) is 0 Å². The van der Waals surface area contributed by atoms with Crippen molar-refractivity contribution in [1.82, 2.24) is 0 Å². The van der Waals surface area contributed by atoms with Gasteiger partial charge in [0.1, 0.15) is 0 Å². The van der Waals surface area contributed by atoms with Crippen LogP contribution in [0.25, 0.3) is 0 Å². The van der Waals surface area contributed by atoms with Crippen molar-refractivity contribution in [2.45, 2.75) is 25.7 Å². The zero-order valence-electron chi connectivity index (χ0n) is 11.3. The van der Waals surface area contributed by atoms with E-state index in [9.17, 15) is 14.4 Å². The fraction of sp³-hybridized carbons (Fsp3) is 0.375.